The van der Waals surface area contributed by atoms with Crippen LogP contribution in [0, 0.1) is 0 Å². The molecule has 1 aromatic carbocycles. The number of benzene rings is 1. The van der Waals surface area contributed by atoms with Gasteiger partial charge in [-0.3, -0.25) is 0 Å². The van der Waals surface area contributed by atoms with E-state index in [9.17, 15) is 0 Å². The highest BCUT2D eigenvalue weighted by molar-refractivity contribution is 6.38. The Hall–Kier alpha value is -0.660. The topological polar surface area (TPSA) is 13.1 Å². The molecule has 0 aliphatic carbocycles. The third kappa shape index (κ3) is 1.99. The van der Waals surface area contributed by atoms with Crippen LogP contribution < -0.4 is 0 Å². The summed E-state index contributed by atoms with van der Waals surface area (Å²) < 4.78 is 5.73. The van der Waals surface area contributed by atoms with Crippen molar-refractivity contribution in [2.24, 2.45) is 0 Å². The van der Waals surface area contributed by atoms with Gasteiger partial charge in [-0.05, 0) is 18.2 Å². The van der Waals surface area contributed by atoms with Gasteiger partial charge in [0.15, 0.2) is 5.58 Å². The fraction of sp³-hybridized carbons (Fsp3) is 0.333. The van der Waals surface area contributed by atoms with Crippen LogP contribution in [-0.2, 0) is 5.41 Å². The summed E-state index contributed by atoms with van der Waals surface area (Å²) in [7, 11) is 0. The van der Waals surface area contributed by atoms with Gasteiger partial charge in [0, 0.05) is 15.8 Å². The van der Waals surface area contributed by atoms with Crippen LogP contribution in [0.3, 0.4) is 0 Å². The van der Waals surface area contributed by atoms with E-state index < -0.39 is 0 Å². The van der Waals surface area contributed by atoms with E-state index in [4.69, 9.17) is 27.6 Å². The molecule has 0 saturated heterocycles. The lowest BCUT2D eigenvalue weighted by molar-refractivity contribution is 0.430. The van der Waals surface area contributed by atoms with Crippen molar-refractivity contribution in [2.45, 2.75) is 26.2 Å². The van der Waals surface area contributed by atoms with Crippen LogP contribution in [0.25, 0.3) is 11.0 Å². The minimum atomic E-state index is -0.0190. The van der Waals surface area contributed by atoms with Gasteiger partial charge < -0.3 is 4.42 Å². The third-order valence-corrected chi connectivity index (χ3v) is 2.77. The van der Waals surface area contributed by atoms with Gasteiger partial charge in [-0.25, -0.2) is 0 Å². The van der Waals surface area contributed by atoms with Crippen LogP contribution in [0.5, 0.6) is 0 Å². The molecule has 80 valence electrons. The number of halogens is 2. The van der Waals surface area contributed by atoms with E-state index in [0.29, 0.717) is 15.6 Å². The maximum absolute atomic E-state index is 6.05. The van der Waals surface area contributed by atoms with Crippen molar-refractivity contribution in [2.75, 3.05) is 0 Å². The first kappa shape index (κ1) is 10.8. The summed E-state index contributed by atoms with van der Waals surface area (Å²) in [4.78, 5) is 0. The summed E-state index contributed by atoms with van der Waals surface area (Å²) in [6.07, 6.45) is 0. The molecule has 1 heterocycles. The van der Waals surface area contributed by atoms with E-state index in [1.54, 1.807) is 6.07 Å². The molecule has 0 aliphatic rings. The normalized spacial score (nSPS) is 12.3. The van der Waals surface area contributed by atoms with Crippen LogP contribution in [0.4, 0.5) is 0 Å². The van der Waals surface area contributed by atoms with Crippen LogP contribution in [0.1, 0.15) is 26.5 Å². The predicted octanol–water partition coefficient (Wildman–Crippen LogP) is 5.04. The lowest BCUT2D eigenvalue weighted by Gasteiger charge is -2.13. The molecule has 0 unspecified atom stereocenters. The quantitative estimate of drug-likeness (QED) is 0.631. The summed E-state index contributed by atoms with van der Waals surface area (Å²) in [6, 6.07) is 5.55. The molecule has 0 amide bonds. The molecule has 1 nitrogen and oxygen atoms in total. The molecule has 0 aliphatic heterocycles. The second kappa shape index (κ2) is 3.43. The average Bonchev–Trinajstić information content (AvgIpc) is 2.46. The first-order valence-corrected chi connectivity index (χ1v) is 5.52. The van der Waals surface area contributed by atoms with Gasteiger partial charge in [-0.15, -0.1) is 0 Å². The van der Waals surface area contributed by atoms with Gasteiger partial charge in [0.25, 0.3) is 0 Å². The van der Waals surface area contributed by atoms with E-state index in [1.807, 2.05) is 12.1 Å². The number of hydrogen-bond acceptors (Lipinski definition) is 1. The maximum Gasteiger partial charge on any atom is 0.152 e. The highest BCUT2D eigenvalue weighted by Crippen LogP contribution is 2.34. The standard InChI is InChI=1S/C12H12Cl2O/c1-12(2,3)10-5-7-4-8(13)6-9(14)11(7)15-10/h4-6H,1-3H3. The summed E-state index contributed by atoms with van der Waals surface area (Å²) in [5.41, 5.74) is 0.695. The SMILES string of the molecule is CC(C)(C)c1cc2cc(Cl)cc(Cl)c2o1. The zero-order valence-corrected chi connectivity index (χ0v) is 10.4. The minimum absolute atomic E-state index is 0.0190. The molecule has 0 N–H and O–H groups in total. The molecule has 2 aromatic rings. The van der Waals surface area contributed by atoms with Crippen molar-refractivity contribution in [1.29, 1.82) is 0 Å². The summed E-state index contributed by atoms with van der Waals surface area (Å²) >= 11 is 12.0. The molecular formula is C12H12Cl2O. The van der Waals surface area contributed by atoms with Crippen molar-refractivity contribution in [1.82, 2.24) is 0 Å². The molecular weight excluding hydrogens is 231 g/mol. The molecule has 0 bridgehead atoms. The van der Waals surface area contributed by atoms with E-state index in [0.717, 1.165) is 11.1 Å². The minimum Gasteiger partial charge on any atom is -0.459 e. The second-order valence-electron chi connectivity index (χ2n) is 4.67. The molecule has 0 saturated carbocycles. The molecule has 15 heavy (non-hydrogen) atoms. The summed E-state index contributed by atoms with van der Waals surface area (Å²) in [5.74, 6) is 0.918. The fourth-order valence-corrected chi connectivity index (χ4v) is 1.99. The lowest BCUT2D eigenvalue weighted by atomic mass is 9.93. The van der Waals surface area contributed by atoms with Crippen molar-refractivity contribution >= 4 is 34.2 Å². The molecule has 0 radical (unpaired) electrons. The maximum atomic E-state index is 6.05. The number of rotatable bonds is 0. The molecule has 2 rings (SSSR count). The van der Waals surface area contributed by atoms with Gasteiger partial charge in [-0.1, -0.05) is 44.0 Å². The Morgan fingerprint density at radius 2 is 1.73 bits per heavy atom. The van der Waals surface area contributed by atoms with E-state index in [2.05, 4.69) is 20.8 Å². The molecule has 0 spiro atoms. The Balaban J connectivity index is 2.71. The van der Waals surface area contributed by atoms with Crippen molar-refractivity contribution in [3.8, 4) is 0 Å². The summed E-state index contributed by atoms with van der Waals surface area (Å²) in [6.45, 7) is 6.29. The third-order valence-electron chi connectivity index (χ3n) is 2.27. The van der Waals surface area contributed by atoms with Crippen molar-refractivity contribution < 1.29 is 4.42 Å². The Bertz CT molecular complexity index is 506. The first-order chi connectivity index (χ1) is 6.88. The molecule has 0 fully saturated rings. The van der Waals surface area contributed by atoms with Gasteiger partial charge in [0.05, 0.1) is 5.02 Å². The Morgan fingerprint density at radius 1 is 1.07 bits per heavy atom. The highest BCUT2D eigenvalue weighted by Gasteiger charge is 2.19. The van der Waals surface area contributed by atoms with Crippen LogP contribution in [0.2, 0.25) is 10.0 Å². The van der Waals surface area contributed by atoms with Gasteiger partial charge in [-0.2, -0.15) is 0 Å². The Kier molecular flexibility index (Phi) is 2.48. The largest absolute Gasteiger partial charge is 0.459 e. The second-order valence-corrected chi connectivity index (χ2v) is 5.51. The zero-order chi connectivity index (χ0) is 11.2. The highest BCUT2D eigenvalue weighted by atomic mass is 35.5. The van der Waals surface area contributed by atoms with Crippen LogP contribution in [0.15, 0.2) is 22.6 Å². The monoisotopic (exact) mass is 242 g/mol. The predicted molar refractivity (Wildman–Crippen MR) is 64.9 cm³/mol. The number of fused-ring (bicyclic) bond motifs is 1. The van der Waals surface area contributed by atoms with Crippen molar-refractivity contribution in [3.63, 3.8) is 0 Å². The van der Waals surface area contributed by atoms with Crippen LogP contribution in [-0.4, -0.2) is 0 Å². The van der Waals surface area contributed by atoms with E-state index in [-0.39, 0.29) is 5.41 Å². The smallest absolute Gasteiger partial charge is 0.152 e. The summed E-state index contributed by atoms with van der Waals surface area (Å²) in [5, 5.41) is 2.15. The average molecular weight is 243 g/mol. The van der Waals surface area contributed by atoms with Crippen LogP contribution >= 0.6 is 23.2 Å². The van der Waals surface area contributed by atoms with Gasteiger partial charge >= 0.3 is 0 Å². The molecule has 0 atom stereocenters. The fourth-order valence-electron chi connectivity index (χ4n) is 1.45. The van der Waals surface area contributed by atoms with Gasteiger partial charge in [0.1, 0.15) is 5.76 Å². The number of furan rings is 1. The van der Waals surface area contributed by atoms with Crippen molar-refractivity contribution in [3.05, 3.63) is 34.0 Å². The van der Waals surface area contributed by atoms with E-state index in [1.165, 1.54) is 0 Å². The first-order valence-electron chi connectivity index (χ1n) is 4.77. The zero-order valence-electron chi connectivity index (χ0n) is 8.90. The number of hydrogen-bond donors (Lipinski definition) is 0. The lowest BCUT2D eigenvalue weighted by Crippen LogP contribution is -2.08. The molecule has 1 aromatic heterocycles. The Morgan fingerprint density at radius 3 is 2.33 bits per heavy atom. The molecule has 3 heteroatoms. The van der Waals surface area contributed by atoms with Gasteiger partial charge in [0.2, 0.25) is 0 Å². The Labute approximate surface area is 99.0 Å². The van der Waals surface area contributed by atoms with E-state index >= 15 is 0 Å².